The maximum Gasteiger partial charge on any atom is 0.0215 e. The van der Waals surface area contributed by atoms with E-state index in [1.807, 2.05) is 0 Å². The second-order valence-electron chi connectivity index (χ2n) is 13.8. The van der Waals surface area contributed by atoms with Crippen LogP contribution in [0.2, 0.25) is 0 Å². The maximum absolute atomic E-state index is 5.80. The third kappa shape index (κ3) is 11.7. The molecule has 0 saturated carbocycles. The molecule has 8 N–H and O–H groups in total. The Morgan fingerprint density at radius 2 is 0.778 bits per heavy atom. The molecule has 0 bridgehead atoms. The number of aryl methyl sites for hydroxylation is 2. The van der Waals surface area contributed by atoms with Crippen LogP contribution in [0.3, 0.4) is 0 Å². The molecule has 0 aromatic heterocycles. The lowest BCUT2D eigenvalue weighted by atomic mass is 9.70. The van der Waals surface area contributed by atoms with E-state index in [4.69, 9.17) is 22.9 Å². The molecule has 1 aliphatic rings. The normalized spacial score (nSPS) is 13.6. The van der Waals surface area contributed by atoms with Crippen LogP contribution in [0.5, 0.6) is 0 Å². The maximum atomic E-state index is 5.80. The van der Waals surface area contributed by atoms with Gasteiger partial charge in [0.05, 0.1) is 0 Å². The highest BCUT2D eigenvalue weighted by Crippen LogP contribution is 2.54. The molecule has 3 rings (SSSR count). The molecule has 1 aliphatic carbocycles. The molecule has 0 heterocycles. The first kappa shape index (κ1) is 37.7. The number of nitrogens with zero attached hydrogens (tertiary/aromatic N) is 2. The van der Waals surface area contributed by atoms with E-state index in [0.29, 0.717) is 0 Å². The number of hydrogen-bond acceptors (Lipinski definition) is 6. The van der Waals surface area contributed by atoms with E-state index >= 15 is 0 Å². The van der Waals surface area contributed by atoms with Gasteiger partial charge >= 0.3 is 0 Å². The monoisotopic (exact) mass is 621 g/mol. The van der Waals surface area contributed by atoms with Crippen LogP contribution in [-0.4, -0.2) is 75.2 Å². The first-order chi connectivity index (χ1) is 22.0. The molecule has 2 aromatic carbocycles. The molecule has 0 radical (unpaired) electrons. The van der Waals surface area contributed by atoms with E-state index in [0.717, 1.165) is 78.0 Å². The van der Waals surface area contributed by atoms with Crippen molar-refractivity contribution in [2.45, 2.75) is 109 Å². The van der Waals surface area contributed by atoms with Gasteiger partial charge in [-0.15, -0.1) is 0 Å². The van der Waals surface area contributed by atoms with Crippen LogP contribution >= 0.6 is 0 Å². The minimum atomic E-state index is 0.130. The van der Waals surface area contributed by atoms with Crippen LogP contribution in [0.15, 0.2) is 36.4 Å². The van der Waals surface area contributed by atoms with Gasteiger partial charge in [-0.2, -0.15) is 0 Å². The Hall–Kier alpha value is -1.80. The van der Waals surface area contributed by atoms with Crippen molar-refractivity contribution in [1.29, 1.82) is 0 Å². The van der Waals surface area contributed by atoms with Gasteiger partial charge in [-0.25, -0.2) is 0 Å². The summed E-state index contributed by atoms with van der Waals surface area (Å²) in [5, 5.41) is 0. The van der Waals surface area contributed by atoms with Crippen LogP contribution in [0.4, 0.5) is 0 Å². The lowest BCUT2D eigenvalue weighted by molar-refractivity contribution is 0.262. The highest BCUT2D eigenvalue weighted by atomic mass is 15.1. The van der Waals surface area contributed by atoms with Crippen LogP contribution in [0.25, 0.3) is 11.1 Å². The molecule has 0 amide bonds. The largest absolute Gasteiger partial charge is 0.330 e. The Kier molecular flexibility index (Phi) is 17.7. The predicted octanol–water partition coefficient (Wildman–Crippen LogP) is 6.47. The molecule has 2 aromatic rings. The summed E-state index contributed by atoms with van der Waals surface area (Å²) in [4.78, 5) is 5.15. The molecular formula is C39H68N6. The van der Waals surface area contributed by atoms with E-state index in [9.17, 15) is 0 Å². The van der Waals surface area contributed by atoms with Crippen molar-refractivity contribution in [3.05, 3.63) is 58.7 Å². The third-order valence-corrected chi connectivity index (χ3v) is 10.0. The predicted molar refractivity (Wildman–Crippen MR) is 196 cm³/mol. The minimum absolute atomic E-state index is 0.130. The summed E-state index contributed by atoms with van der Waals surface area (Å²) in [7, 11) is 0. The van der Waals surface area contributed by atoms with Crippen molar-refractivity contribution in [3.8, 4) is 11.1 Å². The summed E-state index contributed by atoms with van der Waals surface area (Å²) >= 11 is 0. The van der Waals surface area contributed by atoms with Crippen LogP contribution in [0, 0.1) is 13.8 Å². The molecule has 254 valence electrons. The molecule has 0 spiro atoms. The van der Waals surface area contributed by atoms with E-state index in [-0.39, 0.29) is 5.41 Å². The highest BCUT2D eigenvalue weighted by molar-refractivity contribution is 5.81. The van der Waals surface area contributed by atoms with Gasteiger partial charge < -0.3 is 32.7 Å². The number of rotatable bonds is 26. The SMILES string of the molecule is Cc1ccc2c(c1)C(CCCCCCN(CCCN)CCCN)(CCCCCCN(CCCN)CCCN)c1cc(C)ccc1-2. The smallest absolute Gasteiger partial charge is 0.0215 e. The molecule has 6 heteroatoms. The van der Waals surface area contributed by atoms with E-state index < -0.39 is 0 Å². The van der Waals surface area contributed by atoms with Crippen molar-refractivity contribution >= 4 is 0 Å². The Balaban J connectivity index is 1.64. The fourth-order valence-corrected chi connectivity index (χ4v) is 7.55. The zero-order valence-corrected chi connectivity index (χ0v) is 29.1. The summed E-state index contributed by atoms with van der Waals surface area (Å²) in [6.07, 6.45) is 17.1. The Morgan fingerprint density at radius 1 is 0.444 bits per heavy atom. The standard InChI is InChI=1S/C39H68N6/c1-33-15-17-35-36-18-16-34(2)32-38(36)39(37(35)31-33,19-7-3-5-9-25-44(27-11-21-40)28-12-22-41)20-8-4-6-10-26-45(29-13-23-42)30-14-24-43/h15-18,31-32H,3-14,19-30,40-43H2,1-2H3. The molecule has 0 atom stereocenters. The Morgan fingerprint density at radius 3 is 1.13 bits per heavy atom. The Bertz CT molecular complexity index is 984. The van der Waals surface area contributed by atoms with E-state index in [1.165, 1.54) is 99.6 Å². The van der Waals surface area contributed by atoms with Gasteiger partial charge in [0, 0.05) is 5.41 Å². The van der Waals surface area contributed by atoms with E-state index in [2.05, 4.69) is 60.0 Å². The first-order valence-electron chi connectivity index (χ1n) is 18.5. The number of hydrogen-bond donors (Lipinski definition) is 4. The average Bonchev–Trinajstić information content (AvgIpc) is 3.30. The topological polar surface area (TPSA) is 111 Å². The second-order valence-corrected chi connectivity index (χ2v) is 13.8. The summed E-state index contributed by atoms with van der Waals surface area (Å²) < 4.78 is 0. The fourth-order valence-electron chi connectivity index (χ4n) is 7.55. The number of unbranched alkanes of at least 4 members (excludes halogenated alkanes) is 6. The molecule has 0 saturated heterocycles. The highest BCUT2D eigenvalue weighted by Gasteiger charge is 2.42. The molecule has 6 nitrogen and oxygen atoms in total. The molecule has 0 unspecified atom stereocenters. The molecule has 0 fully saturated rings. The van der Waals surface area contributed by atoms with Crippen molar-refractivity contribution in [2.75, 3.05) is 65.4 Å². The molecule has 0 aliphatic heterocycles. The second kappa shape index (κ2) is 21.1. The molecule has 45 heavy (non-hydrogen) atoms. The zero-order chi connectivity index (χ0) is 32.3. The lowest BCUT2D eigenvalue weighted by Crippen LogP contribution is -2.30. The van der Waals surface area contributed by atoms with Gasteiger partial charge in [-0.3, -0.25) is 0 Å². The summed E-state index contributed by atoms with van der Waals surface area (Å²) in [5.41, 5.74) is 32.2. The van der Waals surface area contributed by atoms with Crippen LogP contribution in [0.1, 0.15) is 112 Å². The number of benzene rings is 2. The van der Waals surface area contributed by atoms with E-state index in [1.54, 1.807) is 11.1 Å². The quantitative estimate of drug-likeness (QED) is 0.0898. The van der Waals surface area contributed by atoms with Crippen molar-refractivity contribution < 1.29 is 0 Å². The van der Waals surface area contributed by atoms with Gasteiger partial charge in [0.2, 0.25) is 0 Å². The Labute approximate surface area is 276 Å². The van der Waals surface area contributed by atoms with Gasteiger partial charge in [-0.1, -0.05) is 86.1 Å². The van der Waals surface area contributed by atoms with Gasteiger partial charge in [-0.05, 0) is 153 Å². The van der Waals surface area contributed by atoms with Gasteiger partial charge in [0.15, 0.2) is 0 Å². The van der Waals surface area contributed by atoms with Gasteiger partial charge in [0.1, 0.15) is 0 Å². The lowest BCUT2D eigenvalue weighted by Gasteiger charge is -2.33. The first-order valence-corrected chi connectivity index (χ1v) is 18.5. The van der Waals surface area contributed by atoms with Crippen LogP contribution in [-0.2, 0) is 5.41 Å². The summed E-state index contributed by atoms with van der Waals surface area (Å²) in [6, 6.07) is 14.4. The summed E-state index contributed by atoms with van der Waals surface area (Å²) in [5.74, 6) is 0. The third-order valence-electron chi connectivity index (χ3n) is 10.0. The van der Waals surface area contributed by atoms with Gasteiger partial charge in [0.25, 0.3) is 0 Å². The fraction of sp³-hybridized carbons (Fsp3) is 0.692. The minimum Gasteiger partial charge on any atom is -0.330 e. The summed E-state index contributed by atoms with van der Waals surface area (Å²) in [6.45, 7) is 14.4. The van der Waals surface area contributed by atoms with Crippen molar-refractivity contribution in [2.24, 2.45) is 22.9 Å². The van der Waals surface area contributed by atoms with Crippen molar-refractivity contribution in [3.63, 3.8) is 0 Å². The van der Waals surface area contributed by atoms with Crippen LogP contribution < -0.4 is 22.9 Å². The number of fused-ring (bicyclic) bond motifs is 3. The molecular weight excluding hydrogens is 552 g/mol. The number of nitrogens with two attached hydrogens (primary N) is 4. The van der Waals surface area contributed by atoms with Crippen molar-refractivity contribution in [1.82, 2.24) is 9.80 Å². The zero-order valence-electron chi connectivity index (χ0n) is 29.1. The average molecular weight is 621 g/mol.